The topological polar surface area (TPSA) is 142 Å². The van der Waals surface area contributed by atoms with Crippen molar-refractivity contribution in [3.05, 3.63) is 28.2 Å². The van der Waals surface area contributed by atoms with Gasteiger partial charge in [0, 0.05) is 4.47 Å². The van der Waals surface area contributed by atoms with Gasteiger partial charge in [-0.2, -0.15) is 0 Å². The monoisotopic (exact) mass is 464 g/mol. The van der Waals surface area contributed by atoms with Crippen LogP contribution in [0.3, 0.4) is 0 Å². The van der Waals surface area contributed by atoms with Crippen LogP contribution in [0.2, 0.25) is 0 Å². The van der Waals surface area contributed by atoms with Crippen LogP contribution < -0.4 is 10.5 Å². The molecule has 27 heavy (non-hydrogen) atoms. The molecule has 0 aliphatic carbocycles. The Bertz CT molecular complexity index is 824. The molecule has 0 radical (unpaired) electrons. The number of nitrogens with two attached hydrogens (primary N) is 1. The van der Waals surface area contributed by atoms with Crippen LogP contribution in [0.5, 0.6) is 0 Å². The number of hydrogen-bond acceptors (Lipinski definition) is 7. The molecule has 1 aromatic rings. The summed E-state index contributed by atoms with van der Waals surface area (Å²) in [6, 6.07) is 2.72. The number of methoxy groups -OCH3 is 1. The molecule has 1 amide bonds. The number of benzene rings is 1. The van der Waals surface area contributed by atoms with E-state index in [0.29, 0.717) is 6.42 Å². The average molecular weight is 465 g/mol. The molecule has 0 spiro atoms. The molecule has 0 bridgehead atoms. The van der Waals surface area contributed by atoms with Gasteiger partial charge in [0.25, 0.3) is 5.91 Å². The predicted molar refractivity (Wildman–Crippen MR) is 99.2 cm³/mol. The van der Waals surface area contributed by atoms with Crippen molar-refractivity contribution in [2.45, 2.75) is 31.2 Å². The SMILES string of the molecule is COC(=O)C(CC(C)C)NC(=O)COC(=O)c1cc(S(N)(=O)=O)ccc1Br. The van der Waals surface area contributed by atoms with Crippen LogP contribution in [-0.2, 0) is 29.1 Å². The van der Waals surface area contributed by atoms with E-state index in [4.69, 9.17) is 9.88 Å². The Morgan fingerprint density at radius 2 is 1.89 bits per heavy atom. The van der Waals surface area contributed by atoms with E-state index in [1.807, 2.05) is 13.8 Å². The molecule has 1 rings (SSSR count). The van der Waals surface area contributed by atoms with Crippen molar-refractivity contribution in [1.29, 1.82) is 0 Å². The van der Waals surface area contributed by atoms with E-state index in [9.17, 15) is 22.8 Å². The molecule has 0 fully saturated rings. The Kier molecular flexibility index (Phi) is 8.38. The summed E-state index contributed by atoms with van der Waals surface area (Å²) >= 11 is 3.10. The number of rotatable bonds is 8. The fourth-order valence-corrected chi connectivity index (χ4v) is 3.06. The molecule has 1 atom stereocenters. The molecule has 1 aromatic carbocycles. The zero-order valence-electron chi connectivity index (χ0n) is 15.0. The Morgan fingerprint density at radius 3 is 2.41 bits per heavy atom. The highest BCUT2D eigenvalue weighted by atomic mass is 79.9. The van der Waals surface area contributed by atoms with Crippen molar-refractivity contribution in [3.63, 3.8) is 0 Å². The first-order valence-electron chi connectivity index (χ1n) is 7.82. The highest BCUT2D eigenvalue weighted by Crippen LogP contribution is 2.21. The normalized spacial score (nSPS) is 12.4. The number of sulfonamides is 1. The molecular weight excluding hydrogens is 444 g/mol. The second kappa shape index (κ2) is 9.81. The highest BCUT2D eigenvalue weighted by Gasteiger charge is 2.24. The zero-order chi connectivity index (χ0) is 20.8. The van der Waals surface area contributed by atoms with Gasteiger partial charge in [-0.3, -0.25) is 4.79 Å². The summed E-state index contributed by atoms with van der Waals surface area (Å²) < 4.78 is 32.6. The number of carbonyl (C=O) groups is 3. The minimum Gasteiger partial charge on any atom is -0.467 e. The molecular formula is C16H21BrN2O7S. The first-order valence-corrected chi connectivity index (χ1v) is 10.2. The second-order valence-corrected chi connectivity index (χ2v) is 8.45. The fourth-order valence-electron chi connectivity index (χ4n) is 2.11. The van der Waals surface area contributed by atoms with Crippen LogP contribution in [-0.4, -0.2) is 46.0 Å². The van der Waals surface area contributed by atoms with Crippen LogP contribution in [0.1, 0.15) is 30.6 Å². The van der Waals surface area contributed by atoms with Crippen molar-refractivity contribution in [1.82, 2.24) is 5.32 Å². The third kappa shape index (κ3) is 7.27. The second-order valence-electron chi connectivity index (χ2n) is 6.04. The van der Waals surface area contributed by atoms with E-state index in [1.165, 1.54) is 19.2 Å². The molecule has 9 nitrogen and oxygen atoms in total. The number of halogens is 1. The fraction of sp³-hybridized carbons (Fsp3) is 0.438. The van der Waals surface area contributed by atoms with Gasteiger partial charge in [-0.25, -0.2) is 23.1 Å². The van der Waals surface area contributed by atoms with E-state index in [-0.39, 0.29) is 20.8 Å². The van der Waals surface area contributed by atoms with E-state index in [0.717, 1.165) is 6.07 Å². The average Bonchev–Trinajstić information content (AvgIpc) is 2.57. The summed E-state index contributed by atoms with van der Waals surface area (Å²) in [4.78, 5) is 35.5. The van der Waals surface area contributed by atoms with Gasteiger partial charge in [-0.1, -0.05) is 13.8 Å². The Balaban J connectivity index is 2.78. The van der Waals surface area contributed by atoms with Gasteiger partial charge < -0.3 is 14.8 Å². The zero-order valence-corrected chi connectivity index (χ0v) is 17.4. The summed E-state index contributed by atoms with van der Waals surface area (Å²) in [6.07, 6.45) is 0.355. The maximum Gasteiger partial charge on any atom is 0.339 e. The maximum atomic E-state index is 12.1. The Labute approximate surface area is 165 Å². The number of nitrogens with one attached hydrogen (secondary N) is 1. The number of hydrogen-bond donors (Lipinski definition) is 2. The maximum absolute atomic E-state index is 12.1. The van der Waals surface area contributed by atoms with Crippen LogP contribution in [0.15, 0.2) is 27.6 Å². The Hall–Kier alpha value is -1.98. The molecule has 0 aliphatic rings. The first kappa shape index (κ1) is 23.1. The van der Waals surface area contributed by atoms with Crippen molar-refractivity contribution >= 4 is 43.8 Å². The van der Waals surface area contributed by atoms with Gasteiger partial charge in [0.1, 0.15) is 6.04 Å². The summed E-state index contributed by atoms with van der Waals surface area (Å²) in [5.74, 6) is -2.11. The van der Waals surface area contributed by atoms with Gasteiger partial charge in [-0.05, 0) is 46.5 Å². The molecule has 11 heteroatoms. The van der Waals surface area contributed by atoms with Gasteiger partial charge in [0.2, 0.25) is 10.0 Å². The third-order valence-electron chi connectivity index (χ3n) is 3.35. The minimum absolute atomic E-state index is 0.110. The lowest BCUT2D eigenvalue weighted by atomic mass is 10.0. The van der Waals surface area contributed by atoms with Crippen molar-refractivity contribution < 1.29 is 32.3 Å². The predicted octanol–water partition coefficient (Wildman–Crippen LogP) is 0.957. The number of primary sulfonamides is 1. The van der Waals surface area contributed by atoms with Crippen molar-refractivity contribution in [2.24, 2.45) is 11.1 Å². The molecule has 0 heterocycles. The summed E-state index contributed by atoms with van der Waals surface area (Å²) in [7, 11) is -2.80. The molecule has 150 valence electrons. The lowest BCUT2D eigenvalue weighted by Gasteiger charge is -2.18. The first-order chi connectivity index (χ1) is 12.5. The van der Waals surface area contributed by atoms with Gasteiger partial charge in [-0.15, -0.1) is 0 Å². The van der Waals surface area contributed by atoms with Crippen molar-refractivity contribution in [2.75, 3.05) is 13.7 Å². The Morgan fingerprint density at radius 1 is 1.26 bits per heavy atom. The number of carbonyl (C=O) groups excluding carboxylic acids is 3. The molecule has 3 N–H and O–H groups in total. The van der Waals surface area contributed by atoms with E-state index >= 15 is 0 Å². The van der Waals surface area contributed by atoms with Crippen LogP contribution in [0, 0.1) is 5.92 Å². The standard InChI is InChI=1S/C16H21BrN2O7S/c1-9(2)6-13(16(22)25-3)19-14(20)8-26-15(21)11-7-10(27(18,23)24)4-5-12(11)17/h4-5,7,9,13H,6,8H2,1-3H3,(H,19,20)(H2,18,23,24). The molecule has 0 aromatic heterocycles. The quantitative estimate of drug-likeness (QED) is 0.545. The van der Waals surface area contributed by atoms with Crippen molar-refractivity contribution in [3.8, 4) is 0 Å². The lowest BCUT2D eigenvalue weighted by molar-refractivity contribution is -0.145. The molecule has 1 unspecified atom stereocenters. The molecule has 0 saturated heterocycles. The van der Waals surface area contributed by atoms with E-state index in [2.05, 4.69) is 26.0 Å². The van der Waals surface area contributed by atoms with E-state index < -0.39 is 40.5 Å². The summed E-state index contributed by atoms with van der Waals surface area (Å²) in [5.41, 5.74) is -0.110. The largest absolute Gasteiger partial charge is 0.467 e. The number of amides is 1. The minimum atomic E-state index is -4.01. The van der Waals surface area contributed by atoms with Crippen LogP contribution >= 0.6 is 15.9 Å². The number of esters is 2. The van der Waals surface area contributed by atoms with Crippen LogP contribution in [0.4, 0.5) is 0 Å². The van der Waals surface area contributed by atoms with E-state index in [1.54, 1.807) is 0 Å². The van der Waals surface area contributed by atoms with Gasteiger partial charge in [0.05, 0.1) is 17.6 Å². The van der Waals surface area contributed by atoms with Gasteiger partial charge in [0.15, 0.2) is 6.61 Å². The lowest BCUT2D eigenvalue weighted by Crippen LogP contribution is -2.44. The number of ether oxygens (including phenoxy) is 2. The molecule has 0 saturated carbocycles. The highest BCUT2D eigenvalue weighted by molar-refractivity contribution is 9.10. The van der Waals surface area contributed by atoms with Crippen LogP contribution in [0.25, 0.3) is 0 Å². The summed E-state index contributed by atoms with van der Waals surface area (Å²) in [6.45, 7) is 3.09. The molecule has 0 aliphatic heterocycles. The van der Waals surface area contributed by atoms with Gasteiger partial charge >= 0.3 is 11.9 Å². The third-order valence-corrected chi connectivity index (χ3v) is 4.95. The summed E-state index contributed by atoms with van der Waals surface area (Å²) in [5, 5.41) is 7.47. The smallest absolute Gasteiger partial charge is 0.339 e.